The van der Waals surface area contributed by atoms with E-state index in [-0.39, 0.29) is 12.4 Å². The molecule has 0 bridgehead atoms. The Bertz CT molecular complexity index is 748. The zero-order valence-corrected chi connectivity index (χ0v) is 13.2. The molecule has 1 N–H and O–H groups in total. The van der Waals surface area contributed by atoms with Crippen molar-refractivity contribution in [2.75, 3.05) is 26.1 Å². The Morgan fingerprint density at radius 3 is 2.54 bits per heavy atom. The maximum absolute atomic E-state index is 13.1. The Hall–Kier alpha value is -3.09. The van der Waals surface area contributed by atoms with Crippen LogP contribution in [-0.2, 0) is 9.53 Å². The fourth-order valence-corrected chi connectivity index (χ4v) is 1.94. The highest BCUT2D eigenvalue weighted by Crippen LogP contribution is 2.28. The van der Waals surface area contributed by atoms with Gasteiger partial charge in [0.1, 0.15) is 5.82 Å². The van der Waals surface area contributed by atoms with Gasteiger partial charge in [-0.3, -0.25) is 4.79 Å². The lowest BCUT2D eigenvalue weighted by molar-refractivity contribution is -0.118. The quantitative estimate of drug-likeness (QED) is 0.823. The Kier molecular flexibility index (Phi) is 5.73. The molecule has 0 aromatic heterocycles. The first-order valence-corrected chi connectivity index (χ1v) is 6.98. The van der Waals surface area contributed by atoms with Crippen molar-refractivity contribution in [2.45, 2.75) is 0 Å². The monoisotopic (exact) mass is 333 g/mol. The molecule has 0 fully saturated rings. The Balaban J connectivity index is 2.00. The van der Waals surface area contributed by atoms with E-state index in [1.54, 1.807) is 6.07 Å². The van der Waals surface area contributed by atoms with Gasteiger partial charge < -0.3 is 19.5 Å². The van der Waals surface area contributed by atoms with Crippen molar-refractivity contribution in [1.82, 2.24) is 0 Å². The lowest BCUT2D eigenvalue weighted by Crippen LogP contribution is -2.20. The lowest BCUT2D eigenvalue weighted by atomic mass is 10.2. The van der Waals surface area contributed by atoms with Gasteiger partial charge >= 0.3 is 5.97 Å². The van der Waals surface area contributed by atoms with Crippen LogP contribution in [0.2, 0.25) is 0 Å². The van der Waals surface area contributed by atoms with Crippen molar-refractivity contribution in [3.8, 4) is 11.5 Å². The molecule has 126 valence electrons. The highest BCUT2D eigenvalue weighted by atomic mass is 19.1. The number of hydrogen-bond acceptors (Lipinski definition) is 5. The van der Waals surface area contributed by atoms with Crippen LogP contribution >= 0.6 is 0 Å². The molecule has 1 amide bonds. The molecule has 0 radical (unpaired) electrons. The summed E-state index contributed by atoms with van der Waals surface area (Å²) in [6, 6.07) is 9.97. The molecule has 7 heteroatoms. The Labute approximate surface area is 138 Å². The number of esters is 1. The van der Waals surface area contributed by atoms with Gasteiger partial charge in [-0.2, -0.15) is 0 Å². The molecular weight excluding hydrogens is 317 g/mol. The molecule has 0 aliphatic rings. The van der Waals surface area contributed by atoms with Gasteiger partial charge in [0.2, 0.25) is 0 Å². The van der Waals surface area contributed by atoms with E-state index in [0.29, 0.717) is 17.0 Å². The maximum Gasteiger partial charge on any atom is 0.337 e. The van der Waals surface area contributed by atoms with E-state index in [1.165, 1.54) is 50.6 Å². The normalized spacial score (nSPS) is 9.96. The van der Waals surface area contributed by atoms with Crippen LogP contribution < -0.4 is 14.8 Å². The number of nitrogens with one attached hydrogen (secondary N) is 1. The Morgan fingerprint density at radius 1 is 1.08 bits per heavy atom. The third kappa shape index (κ3) is 4.45. The number of halogens is 1. The number of carbonyl (C=O) groups excluding carboxylic acids is 2. The summed E-state index contributed by atoms with van der Waals surface area (Å²) in [6.07, 6.45) is 0. The maximum atomic E-state index is 13.1. The minimum atomic E-state index is -0.510. The number of amides is 1. The molecule has 0 saturated carbocycles. The molecule has 0 unspecified atom stereocenters. The fourth-order valence-electron chi connectivity index (χ4n) is 1.94. The third-order valence-corrected chi connectivity index (χ3v) is 3.05. The number of anilines is 1. The van der Waals surface area contributed by atoms with Crippen LogP contribution in [0.25, 0.3) is 0 Å². The van der Waals surface area contributed by atoms with Crippen molar-refractivity contribution in [3.05, 3.63) is 53.8 Å². The second-order valence-electron chi connectivity index (χ2n) is 4.70. The van der Waals surface area contributed by atoms with E-state index in [2.05, 4.69) is 10.1 Å². The molecule has 0 saturated heterocycles. The summed E-state index contributed by atoms with van der Waals surface area (Å²) in [7, 11) is 2.69. The van der Waals surface area contributed by atoms with Gasteiger partial charge in [-0.25, -0.2) is 9.18 Å². The molecule has 2 rings (SSSR count). The van der Waals surface area contributed by atoms with Gasteiger partial charge in [-0.1, -0.05) is 6.07 Å². The smallest absolute Gasteiger partial charge is 0.337 e. The highest BCUT2D eigenvalue weighted by molar-refractivity contribution is 5.92. The second kappa shape index (κ2) is 7.96. The standard InChI is InChI=1S/C17H16FNO5/c1-22-15-8-11(17(21)23-2)6-7-14(15)24-10-16(20)19-13-5-3-4-12(18)9-13/h3-9H,10H2,1-2H3,(H,19,20). The number of carbonyl (C=O) groups is 2. The summed E-state index contributed by atoms with van der Waals surface area (Å²) in [5.41, 5.74) is 0.627. The van der Waals surface area contributed by atoms with Crippen LogP contribution in [0.4, 0.5) is 10.1 Å². The average Bonchev–Trinajstić information content (AvgIpc) is 2.59. The second-order valence-corrected chi connectivity index (χ2v) is 4.70. The summed E-state index contributed by atoms with van der Waals surface area (Å²) in [5.74, 6) is -0.840. The van der Waals surface area contributed by atoms with Crippen LogP contribution in [0, 0.1) is 5.82 Å². The van der Waals surface area contributed by atoms with E-state index in [1.807, 2.05) is 0 Å². The van der Waals surface area contributed by atoms with Crippen molar-refractivity contribution in [2.24, 2.45) is 0 Å². The molecule has 0 aliphatic heterocycles. The molecule has 0 aliphatic carbocycles. The SMILES string of the molecule is COC(=O)c1ccc(OCC(=O)Nc2cccc(F)c2)c(OC)c1. The number of hydrogen-bond donors (Lipinski definition) is 1. The number of benzene rings is 2. The molecule has 0 atom stereocenters. The summed E-state index contributed by atoms with van der Waals surface area (Å²) in [5, 5.41) is 2.51. The summed E-state index contributed by atoms with van der Waals surface area (Å²) < 4.78 is 28.2. The van der Waals surface area contributed by atoms with Crippen LogP contribution in [0.3, 0.4) is 0 Å². The van der Waals surface area contributed by atoms with Crippen molar-refractivity contribution in [3.63, 3.8) is 0 Å². The predicted octanol–water partition coefficient (Wildman–Crippen LogP) is 2.64. The van der Waals surface area contributed by atoms with Crippen molar-refractivity contribution >= 4 is 17.6 Å². The molecule has 0 spiro atoms. The van der Waals surface area contributed by atoms with Crippen LogP contribution in [0.15, 0.2) is 42.5 Å². The van der Waals surface area contributed by atoms with Gasteiger partial charge in [-0.15, -0.1) is 0 Å². The predicted molar refractivity (Wildman–Crippen MR) is 84.9 cm³/mol. The minimum Gasteiger partial charge on any atom is -0.493 e. The van der Waals surface area contributed by atoms with E-state index >= 15 is 0 Å². The van der Waals surface area contributed by atoms with E-state index in [9.17, 15) is 14.0 Å². The van der Waals surface area contributed by atoms with E-state index < -0.39 is 17.7 Å². The van der Waals surface area contributed by atoms with E-state index in [0.717, 1.165) is 0 Å². The molecule has 2 aromatic carbocycles. The highest BCUT2D eigenvalue weighted by Gasteiger charge is 2.12. The van der Waals surface area contributed by atoms with Gasteiger partial charge in [0, 0.05) is 5.69 Å². The molecule has 2 aromatic rings. The summed E-state index contributed by atoms with van der Waals surface area (Å²) >= 11 is 0. The van der Waals surface area contributed by atoms with Crippen LogP contribution in [-0.4, -0.2) is 32.7 Å². The number of ether oxygens (including phenoxy) is 3. The first-order valence-electron chi connectivity index (χ1n) is 6.98. The van der Waals surface area contributed by atoms with Gasteiger partial charge in [0.05, 0.1) is 19.8 Å². The van der Waals surface area contributed by atoms with Crippen molar-refractivity contribution in [1.29, 1.82) is 0 Å². The Morgan fingerprint density at radius 2 is 1.88 bits per heavy atom. The largest absolute Gasteiger partial charge is 0.493 e. The first-order chi connectivity index (χ1) is 11.5. The van der Waals surface area contributed by atoms with Crippen LogP contribution in [0.5, 0.6) is 11.5 Å². The minimum absolute atomic E-state index is 0.288. The fraction of sp³-hybridized carbons (Fsp3) is 0.176. The van der Waals surface area contributed by atoms with Gasteiger partial charge in [-0.05, 0) is 36.4 Å². The zero-order valence-electron chi connectivity index (χ0n) is 13.2. The van der Waals surface area contributed by atoms with Crippen LogP contribution in [0.1, 0.15) is 10.4 Å². The number of rotatable bonds is 6. The molecule has 0 heterocycles. The molecule has 24 heavy (non-hydrogen) atoms. The van der Waals surface area contributed by atoms with Gasteiger partial charge in [0.15, 0.2) is 18.1 Å². The average molecular weight is 333 g/mol. The molecule has 6 nitrogen and oxygen atoms in total. The molecular formula is C17H16FNO5. The van der Waals surface area contributed by atoms with Gasteiger partial charge in [0.25, 0.3) is 5.91 Å². The number of methoxy groups -OCH3 is 2. The van der Waals surface area contributed by atoms with E-state index in [4.69, 9.17) is 9.47 Å². The zero-order chi connectivity index (χ0) is 17.5. The van der Waals surface area contributed by atoms with Crippen molar-refractivity contribution < 1.29 is 28.2 Å². The first kappa shape index (κ1) is 17.3. The topological polar surface area (TPSA) is 73.9 Å². The lowest BCUT2D eigenvalue weighted by Gasteiger charge is -2.12. The summed E-state index contributed by atoms with van der Waals surface area (Å²) in [4.78, 5) is 23.3. The third-order valence-electron chi connectivity index (χ3n) is 3.05. The summed E-state index contributed by atoms with van der Waals surface area (Å²) in [6.45, 7) is -0.301.